The average molecular weight is 366 g/mol. The van der Waals surface area contributed by atoms with Crippen molar-refractivity contribution >= 4 is 5.91 Å². The van der Waals surface area contributed by atoms with E-state index in [0.717, 1.165) is 11.1 Å². The summed E-state index contributed by atoms with van der Waals surface area (Å²) in [6.45, 7) is 0.751. The van der Waals surface area contributed by atoms with E-state index < -0.39 is 5.56 Å². The second-order valence-corrected chi connectivity index (χ2v) is 6.32. The number of hydrogen-bond donors (Lipinski definition) is 1. The van der Waals surface area contributed by atoms with Gasteiger partial charge in [0.05, 0.1) is 11.8 Å². The van der Waals surface area contributed by atoms with Crippen LogP contribution >= 0.6 is 0 Å². The van der Waals surface area contributed by atoms with Crippen LogP contribution in [0.3, 0.4) is 0 Å². The molecule has 7 nitrogen and oxygen atoms in total. The number of amides is 1. The number of rotatable bonds is 2. The van der Waals surface area contributed by atoms with E-state index in [1.807, 2.05) is 0 Å². The summed E-state index contributed by atoms with van der Waals surface area (Å²) in [5.41, 5.74) is 1.82. The lowest BCUT2D eigenvalue weighted by molar-refractivity contribution is 0.0733. The number of halogens is 1. The van der Waals surface area contributed by atoms with Crippen LogP contribution in [0.2, 0.25) is 0 Å². The molecule has 27 heavy (non-hydrogen) atoms. The van der Waals surface area contributed by atoms with E-state index in [0.29, 0.717) is 25.2 Å². The van der Waals surface area contributed by atoms with Crippen LogP contribution in [-0.4, -0.2) is 32.1 Å². The molecule has 0 bridgehead atoms. The Balaban J connectivity index is 1.66. The van der Waals surface area contributed by atoms with Crippen molar-refractivity contribution in [1.29, 1.82) is 0 Å². The van der Waals surface area contributed by atoms with Crippen molar-refractivity contribution in [3.63, 3.8) is 0 Å². The molecule has 0 saturated heterocycles. The Morgan fingerprint density at radius 3 is 2.63 bits per heavy atom. The quantitative estimate of drug-likeness (QED) is 0.740. The number of carbonyl (C=O) groups is 1. The summed E-state index contributed by atoms with van der Waals surface area (Å²) in [6, 6.07) is 8.39. The molecule has 0 aliphatic carbocycles. The van der Waals surface area contributed by atoms with Gasteiger partial charge in [-0.15, -0.1) is 0 Å². The lowest BCUT2D eigenvalue weighted by Gasteiger charge is -2.29. The first-order valence-electron chi connectivity index (χ1n) is 8.36. The van der Waals surface area contributed by atoms with Crippen LogP contribution in [-0.2, 0) is 13.0 Å². The molecule has 0 saturated carbocycles. The third kappa shape index (κ3) is 3.29. The molecule has 2 aromatic heterocycles. The van der Waals surface area contributed by atoms with E-state index in [4.69, 9.17) is 0 Å². The molecule has 1 amide bonds. The van der Waals surface area contributed by atoms with Gasteiger partial charge in [-0.2, -0.15) is 5.10 Å². The fourth-order valence-corrected chi connectivity index (χ4v) is 3.18. The minimum Gasteiger partial charge on any atom is -0.334 e. The number of H-pyrrole nitrogens is 1. The molecule has 0 spiro atoms. The second-order valence-electron chi connectivity index (χ2n) is 6.32. The molecule has 136 valence electrons. The first-order valence-corrected chi connectivity index (χ1v) is 8.36. The number of pyridine rings is 1. The van der Waals surface area contributed by atoms with Crippen molar-refractivity contribution in [2.75, 3.05) is 6.54 Å². The van der Waals surface area contributed by atoms with Gasteiger partial charge in [-0.3, -0.25) is 19.0 Å². The fraction of sp³-hybridized carbons (Fsp3) is 0.158. The van der Waals surface area contributed by atoms with Crippen molar-refractivity contribution in [2.45, 2.75) is 13.0 Å². The summed E-state index contributed by atoms with van der Waals surface area (Å²) < 4.78 is 14.6. The SMILES string of the molecule is O=C(c1cn[nH]c(=O)c1)N1CCc2cc(=O)n(-c3ccc(F)cc3)cc2C1. The van der Waals surface area contributed by atoms with Crippen LogP contribution in [0.5, 0.6) is 0 Å². The Morgan fingerprint density at radius 1 is 1.11 bits per heavy atom. The van der Waals surface area contributed by atoms with E-state index >= 15 is 0 Å². The van der Waals surface area contributed by atoms with Crippen molar-refractivity contribution in [3.05, 3.63) is 92.0 Å². The van der Waals surface area contributed by atoms with Gasteiger partial charge in [-0.05, 0) is 41.8 Å². The average Bonchev–Trinajstić information content (AvgIpc) is 2.67. The zero-order valence-corrected chi connectivity index (χ0v) is 14.2. The Bertz CT molecular complexity index is 1130. The molecule has 4 rings (SSSR count). The maximum atomic E-state index is 13.1. The smallest absolute Gasteiger partial charge is 0.264 e. The van der Waals surface area contributed by atoms with Gasteiger partial charge in [0, 0.05) is 37.1 Å². The van der Waals surface area contributed by atoms with Gasteiger partial charge in [0.2, 0.25) is 0 Å². The van der Waals surface area contributed by atoms with E-state index in [-0.39, 0.29) is 22.8 Å². The van der Waals surface area contributed by atoms with Crippen LogP contribution in [0.15, 0.2) is 58.4 Å². The van der Waals surface area contributed by atoms with E-state index in [1.54, 1.807) is 17.2 Å². The van der Waals surface area contributed by atoms with Crippen molar-refractivity contribution < 1.29 is 9.18 Å². The summed E-state index contributed by atoms with van der Waals surface area (Å²) in [4.78, 5) is 38.0. The van der Waals surface area contributed by atoms with Gasteiger partial charge in [-0.25, -0.2) is 9.49 Å². The molecule has 0 fully saturated rings. The number of nitrogens with one attached hydrogen (secondary N) is 1. The third-order valence-electron chi connectivity index (χ3n) is 4.55. The fourth-order valence-electron chi connectivity index (χ4n) is 3.18. The van der Waals surface area contributed by atoms with Crippen LogP contribution in [0.1, 0.15) is 21.5 Å². The van der Waals surface area contributed by atoms with Gasteiger partial charge in [0.15, 0.2) is 0 Å². The van der Waals surface area contributed by atoms with E-state index in [1.165, 1.54) is 41.1 Å². The summed E-state index contributed by atoms with van der Waals surface area (Å²) in [7, 11) is 0. The minimum absolute atomic E-state index is 0.209. The molecule has 3 heterocycles. The number of aromatic amines is 1. The van der Waals surface area contributed by atoms with E-state index in [2.05, 4.69) is 10.2 Å². The highest BCUT2D eigenvalue weighted by Gasteiger charge is 2.23. The van der Waals surface area contributed by atoms with Crippen LogP contribution < -0.4 is 11.1 Å². The molecule has 0 atom stereocenters. The number of nitrogens with zero attached hydrogens (tertiary/aromatic N) is 3. The summed E-state index contributed by atoms with van der Waals surface area (Å²) in [6.07, 6.45) is 3.54. The lowest BCUT2D eigenvalue weighted by atomic mass is 10.0. The van der Waals surface area contributed by atoms with E-state index in [9.17, 15) is 18.8 Å². The topological polar surface area (TPSA) is 88.1 Å². The maximum absolute atomic E-state index is 13.1. The maximum Gasteiger partial charge on any atom is 0.264 e. The highest BCUT2D eigenvalue weighted by Crippen LogP contribution is 2.20. The highest BCUT2D eigenvalue weighted by atomic mass is 19.1. The predicted molar refractivity (Wildman–Crippen MR) is 95.3 cm³/mol. The second kappa shape index (κ2) is 6.64. The zero-order valence-electron chi connectivity index (χ0n) is 14.2. The zero-order chi connectivity index (χ0) is 19.0. The molecular formula is C19H15FN4O3. The number of benzene rings is 1. The van der Waals surface area contributed by atoms with Crippen LogP contribution in [0.4, 0.5) is 4.39 Å². The first kappa shape index (κ1) is 16.9. The number of aromatic nitrogens is 3. The van der Waals surface area contributed by atoms with Crippen LogP contribution in [0, 0.1) is 5.82 Å². The molecule has 3 aromatic rings. The first-order chi connectivity index (χ1) is 13.0. The summed E-state index contributed by atoms with van der Waals surface area (Å²) >= 11 is 0. The molecule has 0 radical (unpaired) electrons. The lowest BCUT2D eigenvalue weighted by Crippen LogP contribution is -2.37. The predicted octanol–water partition coefficient (Wildman–Crippen LogP) is 1.26. The van der Waals surface area contributed by atoms with Crippen molar-refractivity contribution in [3.8, 4) is 5.69 Å². The molecule has 1 aliphatic rings. The Morgan fingerprint density at radius 2 is 1.89 bits per heavy atom. The molecule has 8 heteroatoms. The van der Waals surface area contributed by atoms with Crippen LogP contribution in [0.25, 0.3) is 5.69 Å². The van der Waals surface area contributed by atoms with Gasteiger partial charge in [0.25, 0.3) is 17.0 Å². The summed E-state index contributed by atoms with van der Waals surface area (Å²) in [5, 5.41) is 5.90. The van der Waals surface area contributed by atoms with Gasteiger partial charge in [-0.1, -0.05) is 0 Å². The number of fused-ring (bicyclic) bond motifs is 1. The summed E-state index contributed by atoms with van der Waals surface area (Å²) in [5.74, 6) is -0.674. The number of carbonyl (C=O) groups excluding carboxylic acids is 1. The van der Waals surface area contributed by atoms with Gasteiger partial charge >= 0.3 is 0 Å². The Hall–Kier alpha value is -3.55. The normalized spacial score (nSPS) is 13.3. The van der Waals surface area contributed by atoms with Gasteiger partial charge in [0.1, 0.15) is 5.82 Å². The largest absolute Gasteiger partial charge is 0.334 e. The molecule has 0 unspecified atom stereocenters. The molecule has 1 aromatic carbocycles. The molecular weight excluding hydrogens is 351 g/mol. The van der Waals surface area contributed by atoms with Gasteiger partial charge < -0.3 is 4.90 Å². The molecule has 1 N–H and O–H groups in total. The standard InChI is InChI=1S/C19H15FN4O3/c20-15-1-3-16(4-2-15)24-11-14-10-23(6-5-12(14)8-18(24)26)19(27)13-7-17(25)22-21-9-13/h1-4,7-9,11H,5-6,10H2,(H,22,25). The highest BCUT2D eigenvalue weighted by molar-refractivity contribution is 5.93. The van der Waals surface area contributed by atoms with Crippen molar-refractivity contribution in [1.82, 2.24) is 19.7 Å². The third-order valence-corrected chi connectivity index (χ3v) is 4.55. The molecule has 1 aliphatic heterocycles. The Labute approximate surface area is 152 Å². The van der Waals surface area contributed by atoms with Crippen molar-refractivity contribution in [2.24, 2.45) is 0 Å². The Kier molecular flexibility index (Phi) is 4.15. The number of hydrogen-bond acceptors (Lipinski definition) is 4. The monoisotopic (exact) mass is 366 g/mol. The minimum atomic E-state index is -0.441.